The third-order valence-corrected chi connectivity index (χ3v) is 2.49. The maximum absolute atomic E-state index is 13.6. The Bertz CT molecular complexity index is 636. The maximum Gasteiger partial charge on any atom is 0.272 e. The van der Waals surface area contributed by atoms with Gasteiger partial charge in [-0.1, -0.05) is 0 Å². The van der Waals surface area contributed by atoms with Crippen molar-refractivity contribution in [1.29, 1.82) is 0 Å². The van der Waals surface area contributed by atoms with Crippen LogP contribution in [0.4, 0.5) is 15.8 Å². The summed E-state index contributed by atoms with van der Waals surface area (Å²) < 4.78 is 18.8. The van der Waals surface area contributed by atoms with Crippen LogP contribution in [0.3, 0.4) is 0 Å². The molecule has 7 nitrogen and oxygen atoms in total. The lowest BCUT2D eigenvalue weighted by Crippen LogP contribution is -2.08. The molecular formula is C12H11FN4O3. The fourth-order valence-electron chi connectivity index (χ4n) is 1.52. The number of nitro groups is 1. The minimum absolute atomic E-state index is 0.0181. The topological polar surface area (TPSA) is 103 Å². The molecule has 0 amide bonds. The van der Waals surface area contributed by atoms with Crippen LogP contribution >= 0.6 is 0 Å². The van der Waals surface area contributed by atoms with Crippen molar-refractivity contribution in [3.05, 3.63) is 58.2 Å². The number of aromatic nitrogens is 1. The van der Waals surface area contributed by atoms with Gasteiger partial charge < -0.3 is 10.2 Å². The number of ether oxygens (including phenoxy) is 1. The molecule has 0 radical (unpaired) electrons. The van der Waals surface area contributed by atoms with Crippen LogP contribution in [0.5, 0.6) is 5.75 Å². The molecule has 20 heavy (non-hydrogen) atoms. The van der Waals surface area contributed by atoms with Gasteiger partial charge >= 0.3 is 0 Å². The van der Waals surface area contributed by atoms with Gasteiger partial charge in [-0.2, -0.15) is 0 Å². The summed E-state index contributed by atoms with van der Waals surface area (Å²) in [5, 5.41) is 10.5. The van der Waals surface area contributed by atoms with Crippen molar-refractivity contribution in [2.24, 2.45) is 5.84 Å². The van der Waals surface area contributed by atoms with Crippen LogP contribution in [0.1, 0.15) is 5.69 Å². The molecule has 0 spiro atoms. The second kappa shape index (κ2) is 5.93. The summed E-state index contributed by atoms with van der Waals surface area (Å²) in [5.74, 6) is 4.37. The lowest BCUT2D eigenvalue weighted by atomic mass is 10.3. The zero-order valence-electron chi connectivity index (χ0n) is 10.2. The highest BCUT2D eigenvalue weighted by Gasteiger charge is 2.11. The molecule has 2 rings (SSSR count). The second-order valence-corrected chi connectivity index (χ2v) is 3.84. The molecule has 0 aliphatic heterocycles. The fourth-order valence-corrected chi connectivity index (χ4v) is 1.52. The number of halogens is 1. The average molecular weight is 278 g/mol. The molecule has 0 saturated carbocycles. The molecule has 1 aromatic carbocycles. The van der Waals surface area contributed by atoms with E-state index in [0.29, 0.717) is 11.4 Å². The third-order valence-electron chi connectivity index (χ3n) is 2.49. The smallest absolute Gasteiger partial charge is 0.272 e. The Morgan fingerprint density at radius 3 is 2.85 bits per heavy atom. The summed E-state index contributed by atoms with van der Waals surface area (Å²) in [4.78, 5) is 13.8. The Balaban J connectivity index is 2.08. The second-order valence-electron chi connectivity index (χ2n) is 3.84. The molecule has 1 heterocycles. The van der Waals surface area contributed by atoms with Crippen LogP contribution in [0, 0.1) is 15.9 Å². The van der Waals surface area contributed by atoms with Crippen LogP contribution < -0.4 is 16.0 Å². The zero-order valence-corrected chi connectivity index (χ0v) is 10.2. The van der Waals surface area contributed by atoms with Crippen LogP contribution in [-0.2, 0) is 6.61 Å². The summed E-state index contributed by atoms with van der Waals surface area (Å²) in [7, 11) is 0. The monoisotopic (exact) mass is 278 g/mol. The Kier molecular flexibility index (Phi) is 4.06. The number of pyridine rings is 1. The van der Waals surface area contributed by atoms with Crippen LogP contribution in [-0.4, -0.2) is 9.91 Å². The van der Waals surface area contributed by atoms with Gasteiger partial charge in [-0.3, -0.25) is 20.9 Å². The molecule has 0 saturated heterocycles. The predicted octanol–water partition coefficient (Wildman–Crippen LogP) is 1.99. The Hall–Kier alpha value is -2.74. The van der Waals surface area contributed by atoms with Gasteiger partial charge in [-0.25, -0.2) is 4.39 Å². The summed E-state index contributed by atoms with van der Waals surface area (Å²) in [6, 6.07) is 6.49. The molecule has 0 atom stereocenters. The van der Waals surface area contributed by atoms with E-state index < -0.39 is 10.7 Å². The number of anilines is 1. The quantitative estimate of drug-likeness (QED) is 0.492. The largest absolute Gasteiger partial charge is 0.484 e. The number of benzene rings is 1. The number of nitrogen functional groups attached to an aromatic ring is 1. The van der Waals surface area contributed by atoms with Crippen molar-refractivity contribution in [3.63, 3.8) is 0 Å². The number of non-ortho nitro benzene ring substituents is 1. The van der Waals surface area contributed by atoms with Crippen molar-refractivity contribution in [2.45, 2.75) is 6.61 Å². The van der Waals surface area contributed by atoms with E-state index in [1.165, 1.54) is 18.3 Å². The normalized spacial score (nSPS) is 10.1. The summed E-state index contributed by atoms with van der Waals surface area (Å²) in [5.41, 5.74) is 3.30. The molecule has 3 N–H and O–H groups in total. The van der Waals surface area contributed by atoms with Gasteiger partial charge in [0.05, 0.1) is 22.4 Å². The average Bonchev–Trinajstić information content (AvgIpc) is 2.46. The van der Waals surface area contributed by atoms with Gasteiger partial charge in [0, 0.05) is 12.3 Å². The van der Waals surface area contributed by atoms with E-state index in [-0.39, 0.29) is 18.0 Å². The van der Waals surface area contributed by atoms with Gasteiger partial charge in [0.2, 0.25) is 0 Å². The molecule has 104 valence electrons. The number of nitrogens with one attached hydrogen (secondary N) is 1. The first-order chi connectivity index (χ1) is 9.60. The highest BCUT2D eigenvalue weighted by atomic mass is 19.1. The van der Waals surface area contributed by atoms with Crippen molar-refractivity contribution in [1.82, 2.24) is 4.98 Å². The number of nitrogens with two attached hydrogens (primary N) is 1. The van der Waals surface area contributed by atoms with Crippen LogP contribution in [0.25, 0.3) is 0 Å². The SMILES string of the molecule is NNc1ccnc(COc2ccc([N+](=O)[O-])cc2F)c1. The van der Waals surface area contributed by atoms with Crippen molar-refractivity contribution >= 4 is 11.4 Å². The Morgan fingerprint density at radius 2 is 2.20 bits per heavy atom. The molecule has 0 bridgehead atoms. The van der Waals surface area contributed by atoms with Gasteiger partial charge in [-0.05, 0) is 18.2 Å². The molecule has 0 unspecified atom stereocenters. The maximum atomic E-state index is 13.6. The van der Waals surface area contributed by atoms with Crippen LogP contribution in [0.15, 0.2) is 36.5 Å². The lowest BCUT2D eigenvalue weighted by molar-refractivity contribution is -0.385. The number of nitro benzene ring substituents is 1. The van der Waals surface area contributed by atoms with E-state index >= 15 is 0 Å². The molecule has 8 heteroatoms. The molecule has 0 aliphatic carbocycles. The van der Waals surface area contributed by atoms with Crippen molar-refractivity contribution in [3.8, 4) is 5.75 Å². The molecule has 0 fully saturated rings. The highest BCUT2D eigenvalue weighted by molar-refractivity contribution is 5.42. The molecule has 1 aromatic heterocycles. The standard InChI is InChI=1S/C12H11FN4O3/c13-11-6-10(17(18)19)1-2-12(11)20-7-9-5-8(16-14)3-4-15-9/h1-6H,7,14H2,(H,15,16). The van der Waals surface area contributed by atoms with Crippen LogP contribution in [0.2, 0.25) is 0 Å². The zero-order chi connectivity index (χ0) is 14.5. The molecular weight excluding hydrogens is 267 g/mol. The number of nitrogens with zero attached hydrogens (tertiary/aromatic N) is 2. The number of hydrogen-bond acceptors (Lipinski definition) is 6. The van der Waals surface area contributed by atoms with Crippen molar-refractivity contribution in [2.75, 3.05) is 5.43 Å². The predicted molar refractivity (Wildman–Crippen MR) is 69.4 cm³/mol. The highest BCUT2D eigenvalue weighted by Crippen LogP contribution is 2.23. The van der Waals surface area contributed by atoms with E-state index in [4.69, 9.17) is 10.6 Å². The van der Waals surface area contributed by atoms with E-state index in [1.807, 2.05) is 0 Å². The van der Waals surface area contributed by atoms with E-state index in [0.717, 1.165) is 6.07 Å². The van der Waals surface area contributed by atoms with Gasteiger partial charge in [0.15, 0.2) is 11.6 Å². The Labute approximate surface area is 113 Å². The van der Waals surface area contributed by atoms with E-state index in [9.17, 15) is 14.5 Å². The van der Waals surface area contributed by atoms with Gasteiger partial charge in [0.25, 0.3) is 5.69 Å². The summed E-state index contributed by atoms with van der Waals surface area (Å²) >= 11 is 0. The first-order valence-electron chi connectivity index (χ1n) is 5.58. The van der Waals surface area contributed by atoms with Gasteiger partial charge in [0.1, 0.15) is 6.61 Å². The van der Waals surface area contributed by atoms with E-state index in [1.54, 1.807) is 12.1 Å². The third kappa shape index (κ3) is 3.18. The molecule has 2 aromatic rings. The minimum Gasteiger partial charge on any atom is -0.484 e. The first-order valence-corrected chi connectivity index (χ1v) is 5.58. The number of rotatable bonds is 5. The lowest BCUT2D eigenvalue weighted by Gasteiger charge is -2.07. The summed E-state index contributed by atoms with van der Waals surface area (Å²) in [6.45, 7) is 0.0181. The minimum atomic E-state index is -0.799. The number of hydrogen-bond donors (Lipinski definition) is 2. The van der Waals surface area contributed by atoms with E-state index in [2.05, 4.69) is 10.4 Å². The molecule has 0 aliphatic rings. The summed E-state index contributed by atoms with van der Waals surface area (Å²) in [6.07, 6.45) is 1.53. The van der Waals surface area contributed by atoms with Crippen molar-refractivity contribution < 1.29 is 14.1 Å². The van der Waals surface area contributed by atoms with Gasteiger partial charge in [-0.15, -0.1) is 0 Å². The first kappa shape index (κ1) is 13.7. The number of hydrazine groups is 1. The fraction of sp³-hybridized carbons (Fsp3) is 0.0833. The Morgan fingerprint density at radius 1 is 1.40 bits per heavy atom.